The van der Waals surface area contributed by atoms with Gasteiger partial charge in [-0.1, -0.05) is 0 Å². The van der Waals surface area contributed by atoms with Crippen molar-refractivity contribution in [2.75, 3.05) is 20.1 Å². The van der Waals surface area contributed by atoms with Gasteiger partial charge in [0.1, 0.15) is 11.8 Å². The molecule has 5 nitrogen and oxygen atoms in total. The molecule has 1 aromatic rings. The summed E-state index contributed by atoms with van der Waals surface area (Å²) < 4.78 is 5.33. The van der Waals surface area contributed by atoms with E-state index in [4.69, 9.17) is 10.2 Å². The second kappa shape index (κ2) is 4.74. The molecule has 0 bridgehead atoms. The minimum atomic E-state index is -0.229. The van der Waals surface area contributed by atoms with E-state index in [1.54, 1.807) is 6.26 Å². The van der Waals surface area contributed by atoms with E-state index >= 15 is 0 Å². The van der Waals surface area contributed by atoms with Crippen LogP contribution in [0.4, 0.5) is 0 Å². The molecule has 2 N–H and O–H groups in total. The number of nitrogens with two attached hydrogens (primary N) is 1. The van der Waals surface area contributed by atoms with Crippen LogP contribution in [-0.2, 0) is 11.3 Å². The van der Waals surface area contributed by atoms with Crippen molar-refractivity contribution in [1.82, 2.24) is 9.80 Å². The molecule has 0 aromatic carbocycles. The van der Waals surface area contributed by atoms with Crippen LogP contribution in [0, 0.1) is 0 Å². The first kappa shape index (κ1) is 13.1. The zero-order valence-corrected chi connectivity index (χ0v) is 11.2. The van der Waals surface area contributed by atoms with Crippen LogP contribution < -0.4 is 5.73 Å². The van der Waals surface area contributed by atoms with Crippen LogP contribution in [-0.4, -0.2) is 47.4 Å². The van der Waals surface area contributed by atoms with Crippen LogP contribution >= 0.6 is 0 Å². The van der Waals surface area contributed by atoms with E-state index in [0.717, 1.165) is 12.3 Å². The van der Waals surface area contributed by atoms with Crippen LogP contribution in [0.1, 0.15) is 19.6 Å². The van der Waals surface area contributed by atoms with Crippen molar-refractivity contribution in [3.63, 3.8) is 0 Å². The Labute approximate surface area is 108 Å². The van der Waals surface area contributed by atoms with E-state index in [0.29, 0.717) is 13.1 Å². The summed E-state index contributed by atoms with van der Waals surface area (Å²) in [5, 5.41) is 0. The van der Waals surface area contributed by atoms with Gasteiger partial charge in [-0.3, -0.25) is 9.69 Å². The molecule has 1 aliphatic rings. The molecule has 0 radical (unpaired) electrons. The quantitative estimate of drug-likeness (QED) is 0.857. The number of likely N-dealkylation sites (N-methyl/N-ethyl adjacent to an activating group) is 1. The summed E-state index contributed by atoms with van der Waals surface area (Å²) in [5.74, 6) is 0.879. The first-order chi connectivity index (χ1) is 8.45. The fourth-order valence-electron chi connectivity index (χ4n) is 2.60. The Kier molecular flexibility index (Phi) is 3.45. The maximum Gasteiger partial charge on any atom is 0.242 e. The number of piperazine rings is 1. The third-order valence-electron chi connectivity index (χ3n) is 3.57. The summed E-state index contributed by atoms with van der Waals surface area (Å²) in [4.78, 5) is 16.4. The predicted molar refractivity (Wildman–Crippen MR) is 68.8 cm³/mol. The Morgan fingerprint density at radius 1 is 1.56 bits per heavy atom. The van der Waals surface area contributed by atoms with Gasteiger partial charge < -0.3 is 15.1 Å². The molecule has 5 heteroatoms. The van der Waals surface area contributed by atoms with Gasteiger partial charge in [-0.25, -0.2) is 0 Å². The smallest absolute Gasteiger partial charge is 0.242 e. The number of amides is 1. The number of carbonyl (C=O) groups is 1. The predicted octanol–water partition coefficient (Wildman–Crippen LogP) is 0.659. The normalized spacial score (nSPS) is 24.6. The zero-order valence-electron chi connectivity index (χ0n) is 11.2. The summed E-state index contributed by atoms with van der Waals surface area (Å²) in [6.07, 6.45) is 1.63. The highest BCUT2D eigenvalue weighted by molar-refractivity contribution is 5.83. The molecule has 100 valence electrons. The van der Waals surface area contributed by atoms with Gasteiger partial charge >= 0.3 is 0 Å². The fourth-order valence-corrected chi connectivity index (χ4v) is 2.60. The Hall–Kier alpha value is -1.33. The lowest BCUT2D eigenvalue weighted by Crippen LogP contribution is -2.66. The lowest BCUT2D eigenvalue weighted by molar-refractivity contribution is -0.151. The highest BCUT2D eigenvalue weighted by atomic mass is 16.3. The minimum absolute atomic E-state index is 0.0765. The SMILES string of the molecule is CN1CC(C)(C)N(Cc2ccco2)C(=O)C1CN. The zero-order chi connectivity index (χ0) is 13.3. The van der Waals surface area contributed by atoms with Gasteiger partial charge in [0, 0.05) is 13.1 Å². The highest BCUT2D eigenvalue weighted by Crippen LogP contribution is 2.26. The van der Waals surface area contributed by atoms with Crippen LogP contribution in [0.15, 0.2) is 22.8 Å². The average molecular weight is 251 g/mol. The van der Waals surface area contributed by atoms with Crippen molar-refractivity contribution in [3.05, 3.63) is 24.2 Å². The maximum absolute atomic E-state index is 12.5. The van der Waals surface area contributed by atoms with Crippen molar-refractivity contribution in [2.24, 2.45) is 5.73 Å². The molecule has 1 aromatic heterocycles. The van der Waals surface area contributed by atoms with E-state index in [9.17, 15) is 4.79 Å². The Morgan fingerprint density at radius 3 is 2.83 bits per heavy atom. The Balaban J connectivity index is 2.22. The Bertz CT molecular complexity index is 414. The molecular weight excluding hydrogens is 230 g/mol. The minimum Gasteiger partial charge on any atom is -0.467 e. The average Bonchev–Trinajstić information content (AvgIpc) is 2.76. The van der Waals surface area contributed by atoms with E-state index < -0.39 is 0 Å². The molecule has 0 saturated carbocycles. The summed E-state index contributed by atoms with van der Waals surface area (Å²) in [5.41, 5.74) is 5.48. The van der Waals surface area contributed by atoms with Gasteiger partial charge in [-0.2, -0.15) is 0 Å². The number of nitrogens with zero attached hydrogens (tertiary/aromatic N) is 2. The van der Waals surface area contributed by atoms with Crippen LogP contribution in [0.5, 0.6) is 0 Å². The van der Waals surface area contributed by atoms with E-state index in [2.05, 4.69) is 13.8 Å². The number of rotatable bonds is 3. The number of carbonyl (C=O) groups excluding carboxylic acids is 1. The monoisotopic (exact) mass is 251 g/mol. The van der Waals surface area contributed by atoms with Crippen molar-refractivity contribution < 1.29 is 9.21 Å². The third-order valence-corrected chi connectivity index (χ3v) is 3.57. The number of furan rings is 1. The van der Waals surface area contributed by atoms with Crippen molar-refractivity contribution >= 4 is 5.91 Å². The molecule has 1 aliphatic heterocycles. The standard InChI is InChI=1S/C13H21N3O2/c1-13(2)9-15(3)11(7-14)12(17)16(13)8-10-5-4-6-18-10/h4-6,11H,7-9,14H2,1-3H3. The first-order valence-electron chi connectivity index (χ1n) is 6.20. The molecule has 1 fully saturated rings. The van der Waals surface area contributed by atoms with Gasteiger partial charge in [0.25, 0.3) is 0 Å². The van der Waals surface area contributed by atoms with E-state index in [-0.39, 0.29) is 17.5 Å². The Morgan fingerprint density at radius 2 is 2.28 bits per heavy atom. The molecule has 1 unspecified atom stereocenters. The van der Waals surface area contributed by atoms with Gasteiger partial charge in [-0.05, 0) is 33.0 Å². The molecule has 1 amide bonds. The van der Waals surface area contributed by atoms with Crippen LogP contribution in [0.2, 0.25) is 0 Å². The number of hydrogen-bond acceptors (Lipinski definition) is 4. The van der Waals surface area contributed by atoms with E-state index in [1.165, 1.54) is 0 Å². The van der Waals surface area contributed by atoms with Crippen molar-refractivity contribution in [1.29, 1.82) is 0 Å². The number of hydrogen-bond donors (Lipinski definition) is 1. The highest BCUT2D eigenvalue weighted by Gasteiger charge is 2.42. The molecule has 1 atom stereocenters. The van der Waals surface area contributed by atoms with Crippen molar-refractivity contribution in [2.45, 2.75) is 32.0 Å². The second-order valence-electron chi connectivity index (χ2n) is 5.48. The summed E-state index contributed by atoms with van der Waals surface area (Å²) in [6.45, 7) is 5.79. The lowest BCUT2D eigenvalue weighted by Gasteiger charge is -2.49. The third kappa shape index (κ3) is 2.28. The van der Waals surface area contributed by atoms with Crippen LogP contribution in [0.3, 0.4) is 0 Å². The molecule has 2 heterocycles. The summed E-state index contributed by atoms with van der Waals surface area (Å²) in [7, 11) is 1.95. The molecule has 2 rings (SSSR count). The van der Waals surface area contributed by atoms with Crippen LogP contribution in [0.25, 0.3) is 0 Å². The topological polar surface area (TPSA) is 62.7 Å². The van der Waals surface area contributed by atoms with Crippen molar-refractivity contribution in [3.8, 4) is 0 Å². The van der Waals surface area contributed by atoms with Gasteiger partial charge in [0.2, 0.25) is 5.91 Å². The van der Waals surface area contributed by atoms with Gasteiger partial charge in [0.05, 0.1) is 18.3 Å². The second-order valence-corrected chi connectivity index (χ2v) is 5.48. The molecule has 1 saturated heterocycles. The molecular formula is C13H21N3O2. The maximum atomic E-state index is 12.5. The van der Waals surface area contributed by atoms with E-state index in [1.807, 2.05) is 29.0 Å². The fraction of sp³-hybridized carbons (Fsp3) is 0.615. The molecule has 18 heavy (non-hydrogen) atoms. The molecule has 0 aliphatic carbocycles. The van der Waals surface area contributed by atoms with Gasteiger partial charge in [-0.15, -0.1) is 0 Å². The lowest BCUT2D eigenvalue weighted by atomic mass is 9.95. The first-order valence-corrected chi connectivity index (χ1v) is 6.20. The van der Waals surface area contributed by atoms with Gasteiger partial charge in [0.15, 0.2) is 0 Å². The summed E-state index contributed by atoms with van der Waals surface area (Å²) in [6, 6.07) is 3.50. The summed E-state index contributed by atoms with van der Waals surface area (Å²) >= 11 is 0. The molecule has 0 spiro atoms. The largest absolute Gasteiger partial charge is 0.467 e.